The van der Waals surface area contributed by atoms with E-state index in [1.807, 2.05) is 39.0 Å². The molecule has 7 atom stereocenters. The molecule has 9 heteroatoms. The highest BCUT2D eigenvalue weighted by Gasteiger charge is 2.75. The number of para-hydroxylation sites is 1. The van der Waals surface area contributed by atoms with Crippen LogP contribution in [0.2, 0.25) is 5.02 Å². The second-order valence-electron chi connectivity index (χ2n) is 10.8. The molecule has 1 N–H and O–H groups in total. The first-order chi connectivity index (χ1) is 17.6. The van der Waals surface area contributed by atoms with Crippen LogP contribution in [0, 0.1) is 17.8 Å². The summed E-state index contributed by atoms with van der Waals surface area (Å²) in [7, 11) is 1.71. The lowest BCUT2D eigenvalue weighted by atomic mass is 9.74. The summed E-state index contributed by atoms with van der Waals surface area (Å²) in [5, 5.41) is 10.9. The van der Waals surface area contributed by atoms with Gasteiger partial charge in [0, 0.05) is 20.1 Å². The van der Waals surface area contributed by atoms with Crippen molar-refractivity contribution in [2.75, 3.05) is 31.6 Å². The fourth-order valence-electron chi connectivity index (χ4n) is 6.64. The Bertz CT molecular complexity index is 1190. The zero-order valence-electron chi connectivity index (χ0n) is 21.6. The van der Waals surface area contributed by atoms with Gasteiger partial charge in [0.2, 0.25) is 11.8 Å². The largest absolute Gasteiger partial charge is 0.394 e. The van der Waals surface area contributed by atoms with Crippen molar-refractivity contribution in [3.05, 3.63) is 53.6 Å². The molecule has 5 rings (SSSR count). The van der Waals surface area contributed by atoms with E-state index in [0.29, 0.717) is 23.7 Å². The van der Waals surface area contributed by atoms with Crippen LogP contribution in [0.25, 0.3) is 0 Å². The number of carbonyl (C=O) groups is 3. The average Bonchev–Trinajstić information content (AvgIpc) is 3.15. The highest BCUT2D eigenvalue weighted by molar-refractivity contribution is 6.34. The summed E-state index contributed by atoms with van der Waals surface area (Å²) in [6, 6.07) is 5.40. The van der Waals surface area contributed by atoms with Gasteiger partial charge in [-0.3, -0.25) is 14.4 Å². The zero-order chi connectivity index (χ0) is 26.7. The molecular weight excluding hydrogens is 494 g/mol. The van der Waals surface area contributed by atoms with E-state index in [4.69, 9.17) is 16.3 Å². The number of likely N-dealkylation sites (N-methyl/N-ethyl adjacent to an activating group) is 1. The van der Waals surface area contributed by atoms with Gasteiger partial charge in [0.05, 0.1) is 40.8 Å². The van der Waals surface area contributed by atoms with Crippen LogP contribution in [0.15, 0.2) is 48.6 Å². The van der Waals surface area contributed by atoms with Gasteiger partial charge in [-0.1, -0.05) is 68.3 Å². The summed E-state index contributed by atoms with van der Waals surface area (Å²) >= 11 is 6.50. The number of amides is 3. The summed E-state index contributed by atoms with van der Waals surface area (Å²) in [4.78, 5) is 47.2. The highest BCUT2D eigenvalue weighted by atomic mass is 35.5. The standard InChI is InChI=1S/C28H34ClN3O5/c1-5-17(2)20(16-33)32-23-26(36)31(19-11-7-6-10-18(19)29)15-9-13-28(23)22(25(32)35)21-24(34)30(4)14-8-12-27(21,3)37-28/h6-13,17,20-23,33H,5,14-16H2,1-4H3/t17-,20-,21+,22-,23?,27-,28-/m0/s1. The van der Waals surface area contributed by atoms with Gasteiger partial charge in [0.1, 0.15) is 11.6 Å². The molecule has 0 aromatic heterocycles. The van der Waals surface area contributed by atoms with Gasteiger partial charge in [0.25, 0.3) is 5.91 Å². The van der Waals surface area contributed by atoms with Crippen LogP contribution >= 0.6 is 11.6 Å². The number of halogens is 1. The summed E-state index contributed by atoms with van der Waals surface area (Å²) in [6.07, 6.45) is 8.06. The Hall–Kier alpha value is -2.68. The molecule has 4 heterocycles. The minimum absolute atomic E-state index is 0.0857. The molecule has 2 fully saturated rings. The van der Waals surface area contributed by atoms with E-state index < -0.39 is 35.1 Å². The third kappa shape index (κ3) is 3.67. The van der Waals surface area contributed by atoms with Gasteiger partial charge in [-0.25, -0.2) is 0 Å². The number of hydrogen-bond acceptors (Lipinski definition) is 5. The number of ether oxygens (including phenoxy) is 1. The molecule has 8 nitrogen and oxygen atoms in total. The Balaban J connectivity index is 1.71. The van der Waals surface area contributed by atoms with E-state index in [9.17, 15) is 19.5 Å². The second-order valence-corrected chi connectivity index (χ2v) is 11.2. The molecule has 0 saturated carbocycles. The SMILES string of the molecule is CC[C@H](C)[C@H](CO)N1C(=O)[C@@H]2[C@@H]3C(=O)N(C)CC=C[C@]3(C)O[C@@]23C=CCN(c2ccccc2Cl)C(=O)C13. The van der Waals surface area contributed by atoms with Crippen LogP contribution in [-0.4, -0.2) is 82.7 Å². The van der Waals surface area contributed by atoms with Crippen LogP contribution in [0.1, 0.15) is 27.2 Å². The van der Waals surface area contributed by atoms with Crippen LogP contribution in [0.5, 0.6) is 0 Å². The molecule has 1 spiro atoms. The number of likely N-dealkylation sites (tertiary alicyclic amines) is 1. The Kier molecular flexibility index (Phi) is 6.49. The van der Waals surface area contributed by atoms with Crippen molar-refractivity contribution in [1.29, 1.82) is 0 Å². The molecule has 1 unspecified atom stereocenters. The summed E-state index contributed by atoms with van der Waals surface area (Å²) in [5.74, 6) is -2.69. The number of anilines is 1. The number of fused-ring (bicyclic) bond motifs is 2. The Labute approximate surface area is 222 Å². The lowest BCUT2D eigenvalue weighted by Crippen LogP contribution is -2.60. The normalized spacial score (nSPS) is 34.7. The Morgan fingerprint density at radius 3 is 2.46 bits per heavy atom. The van der Waals surface area contributed by atoms with Gasteiger partial charge in [-0.15, -0.1) is 0 Å². The highest BCUT2D eigenvalue weighted by Crippen LogP contribution is 2.58. The maximum Gasteiger partial charge on any atom is 0.253 e. The summed E-state index contributed by atoms with van der Waals surface area (Å²) in [6.45, 7) is 6.10. The van der Waals surface area contributed by atoms with E-state index in [-0.39, 0.29) is 36.8 Å². The Morgan fingerprint density at radius 2 is 1.78 bits per heavy atom. The maximum atomic E-state index is 14.5. The van der Waals surface area contributed by atoms with Crippen molar-refractivity contribution in [3.8, 4) is 0 Å². The topological polar surface area (TPSA) is 90.4 Å². The van der Waals surface area contributed by atoms with Crippen LogP contribution in [0.3, 0.4) is 0 Å². The Morgan fingerprint density at radius 1 is 1.08 bits per heavy atom. The van der Waals surface area contributed by atoms with Gasteiger partial charge in [-0.2, -0.15) is 0 Å². The van der Waals surface area contributed by atoms with Crippen molar-refractivity contribution in [2.24, 2.45) is 17.8 Å². The summed E-state index contributed by atoms with van der Waals surface area (Å²) in [5.41, 5.74) is -1.91. The van der Waals surface area contributed by atoms with Crippen molar-refractivity contribution in [1.82, 2.24) is 9.80 Å². The first-order valence-electron chi connectivity index (χ1n) is 12.9. The third-order valence-electron chi connectivity index (χ3n) is 8.68. The number of rotatable bonds is 5. The lowest BCUT2D eigenvalue weighted by Gasteiger charge is -2.41. The predicted octanol–water partition coefficient (Wildman–Crippen LogP) is 2.65. The third-order valence-corrected chi connectivity index (χ3v) is 9.00. The fourth-order valence-corrected chi connectivity index (χ4v) is 6.88. The quantitative estimate of drug-likeness (QED) is 0.595. The fraction of sp³-hybridized carbons (Fsp3) is 0.536. The number of aliphatic hydroxyl groups is 1. The average molecular weight is 528 g/mol. The molecule has 2 saturated heterocycles. The van der Waals surface area contributed by atoms with Gasteiger partial charge in [0.15, 0.2) is 0 Å². The molecule has 198 valence electrons. The predicted molar refractivity (Wildman–Crippen MR) is 140 cm³/mol. The number of hydrogen-bond donors (Lipinski definition) is 1. The zero-order valence-corrected chi connectivity index (χ0v) is 22.4. The van der Waals surface area contributed by atoms with Gasteiger partial charge < -0.3 is 24.5 Å². The summed E-state index contributed by atoms with van der Waals surface area (Å²) < 4.78 is 6.79. The van der Waals surface area contributed by atoms with E-state index in [0.717, 1.165) is 0 Å². The molecule has 4 aliphatic rings. The van der Waals surface area contributed by atoms with Crippen molar-refractivity contribution in [2.45, 2.75) is 50.5 Å². The number of nitrogens with zero attached hydrogens (tertiary/aromatic N) is 3. The van der Waals surface area contributed by atoms with E-state index in [1.165, 1.54) is 4.90 Å². The number of carbonyl (C=O) groups excluding carboxylic acids is 3. The van der Waals surface area contributed by atoms with Gasteiger partial charge >= 0.3 is 0 Å². The van der Waals surface area contributed by atoms with Gasteiger partial charge in [-0.05, 0) is 25.0 Å². The second kappa shape index (κ2) is 9.26. The maximum absolute atomic E-state index is 14.5. The van der Waals surface area contributed by atoms with Crippen molar-refractivity contribution >= 4 is 35.0 Å². The molecule has 0 bridgehead atoms. The van der Waals surface area contributed by atoms with E-state index in [2.05, 4.69) is 0 Å². The minimum Gasteiger partial charge on any atom is -0.394 e. The number of aliphatic hydroxyl groups excluding tert-OH is 1. The van der Waals surface area contributed by atoms with Crippen molar-refractivity contribution in [3.63, 3.8) is 0 Å². The molecule has 37 heavy (non-hydrogen) atoms. The first kappa shape index (κ1) is 25.9. The molecule has 3 amide bonds. The van der Waals surface area contributed by atoms with Crippen LogP contribution in [-0.2, 0) is 19.1 Å². The first-order valence-corrected chi connectivity index (χ1v) is 13.3. The lowest BCUT2D eigenvalue weighted by molar-refractivity contribution is -0.152. The monoisotopic (exact) mass is 527 g/mol. The molecular formula is C28H34ClN3O5. The van der Waals surface area contributed by atoms with E-state index in [1.54, 1.807) is 47.2 Å². The van der Waals surface area contributed by atoms with Crippen LogP contribution < -0.4 is 4.90 Å². The van der Waals surface area contributed by atoms with Crippen LogP contribution in [0.4, 0.5) is 5.69 Å². The van der Waals surface area contributed by atoms with E-state index >= 15 is 0 Å². The molecule has 4 aliphatic heterocycles. The molecule has 0 aliphatic carbocycles. The number of benzene rings is 1. The smallest absolute Gasteiger partial charge is 0.253 e. The molecule has 1 aromatic rings. The molecule has 0 radical (unpaired) electrons. The molecule has 1 aromatic carbocycles. The van der Waals surface area contributed by atoms with Crippen molar-refractivity contribution < 1.29 is 24.2 Å². The minimum atomic E-state index is -1.37.